The van der Waals surface area contributed by atoms with Crippen LogP contribution in [0.4, 0.5) is 0 Å². The molecular weight excluding hydrogens is 328 g/mol. The van der Waals surface area contributed by atoms with Gasteiger partial charge in [-0.1, -0.05) is 12.1 Å². The van der Waals surface area contributed by atoms with Gasteiger partial charge in [0.05, 0.1) is 13.3 Å². The summed E-state index contributed by atoms with van der Waals surface area (Å²) in [6.45, 7) is 5.03. The number of rotatable bonds is 4. The summed E-state index contributed by atoms with van der Waals surface area (Å²) in [4.78, 5) is 17.1. The molecule has 2 aromatic rings. The summed E-state index contributed by atoms with van der Waals surface area (Å²) >= 11 is 0. The predicted octanol–water partition coefficient (Wildman–Crippen LogP) is 1.96. The maximum Gasteiger partial charge on any atom is 0.244 e. The lowest BCUT2D eigenvalue weighted by atomic mass is 9.89. The number of carbonyl (C=O) groups excluding carboxylic acids is 1. The van der Waals surface area contributed by atoms with Gasteiger partial charge in [-0.25, -0.2) is 0 Å². The van der Waals surface area contributed by atoms with E-state index in [9.17, 15) is 4.79 Å². The molecule has 1 amide bonds. The van der Waals surface area contributed by atoms with E-state index in [1.54, 1.807) is 18.0 Å². The number of hydrogen-bond acceptors (Lipinski definition) is 4. The molecule has 4 rings (SSSR count). The Hall–Kier alpha value is -2.34. The van der Waals surface area contributed by atoms with Crippen molar-refractivity contribution in [3.05, 3.63) is 47.8 Å². The molecule has 26 heavy (non-hydrogen) atoms. The van der Waals surface area contributed by atoms with Crippen molar-refractivity contribution in [1.82, 2.24) is 19.6 Å². The van der Waals surface area contributed by atoms with E-state index in [0.29, 0.717) is 24.4 Å². The minimum atomic E-state index is 0.165. The lowest BCUT2D eigenvalue weighted by Gasteiger charge is -2.27. The van der Waals surface area contributed by atoms with Gasteiger partial charge >= 0.3 is 0 Å². The normalized spacial score (nSPS) is 25.5. The van der Waals surface area contributed by atoms with Crippen LogP contribution in [0.1, 0.15) is 17.2 Å². The third-order valence-electron chi connectivity index (χ3n) is 5.76. The van der Waals surface area contributed by atoms with E-state index in [-0.39, 0.29) is 5.91 Å². The molecule has 0 unspecified atom stereocenters. The van der Waals surface area contributed by atoms with Crippen LogP contribution >= 0.6 is 0 Å². The summed E-state index contributed by atoms with van der Waals surface area (Å²) in [7, 11) is 3.88. The second-order valence-corrected chi connectivity index (χ2v) is 7.60. The van der Waals surface area contributed by atoms with Gasteiger partial charge in [-0.3, -0.25) is 14.4 Å². The molecule has 6 heteroatoms. The van der Waals surface area contributed by atoms with Crippen LogP contribution in [0.2, 0.25) is 0 Å². The molecule has 0 radical (unpaired) electrons. The van der Waals surface area contributed by atoms with Crippen LogP contribution in [-0.4, -0.2) is 59.3 Å². The standard InChI is InChI=1S/C20H26N4O2/c1-14-8-21-24(9-14)13-19(25)23-11-16-10-22(2)20(18(16)12-23)15-4-6-17(26-3)7-5-15/h4-9,16,18,20H,10-13H2,1-3H3/t16-,18+,20-/m0/s1. The van der Waals surface area contributed by atoms with E-state index in [0.717, 1.165) is 30.9 Å². The average Bonchev–Trinajstić information content (AvgIpc) is 3.29. The highest BCUT2D eigenvalue weighted by molar-refractivity contribution is 5.76. The molecule has 0 aliphatic carbocycles. The average molecular weight is 354 g/mol. The van der Waals surface area contributed by atoms with Crippen molar-refractivity contribution in [2.75, 3.05) is 33.8 Å². The van der Waals surface area contributed by atoms with E-state index in [2.05, 4.69) is 29.2 Å². The van der Waals surface area contributed by atoms with Crippen molar-refractivity contribution >= 4 is 5.91 Å². The SMILES string of the molecule is COc1ccc([C@H]2[C@@H]3CN(C(=O)Cn4cc(C)cn4)C[C@@H]3CN2C)cc1. The second-order valence-electron chi connectivity index (χ2n) is 7.60. The van der Waals surface area contributed by atoms with Gasteiger partial charge in [0.15, 0.2) is 0 Å². The third kappa shape index (κ3) is 3.09. The monoisotopic (exact) mass is 354 g/mol. The number of fused-ring (bicyclic) bond motifs is 1. The number of benzene rings is 1. The molecule has 2 fully saturated rings. The molecule has 2 aliphatic heterocycles. The van der Waals surface area contributed by atoms with Gasteiger partial charge in [-0.15, -0.1) is 0 Å². The molecule has 1 aromatic carbocycles. The molecule has 2 saturated heterocycles. The molecule has 0 N–H and O–H groups in total. The van der Waals surface area contributed by atoms with Crippen LogP contribution in [-0.2, 0) is 11.3 Å². The van der Waals surface area contributed by atoms with Crippen LogP contribution in [0.3, 0.4) is 0 Å². The fourth-order valence-electron chi connectivity index (χ4n) is 4.56. The summed E-state index contributed by atoms with van der Waals surface area (Å²) in [5, 5.41) is 4.24. The first-order chi connectivity index (χ1) is 12.5. The first-order valence-electron chi connectivity index (χ1n) is 9.16. The Balaban J connectivity index is 1.46. The number of hydrogen-bond donors (Lipinski definition) is 0. The van der Waals surface area contributed by atoms with Crippen LogP contribution in [0.25, 0.3) is 0 Å². The van der Waals surface area contributed by atoms with E-state index in [1.807, 2.05) is 30.2 Å². The number of carbonyl (C=O) groups is 1. The summed E-state index contributed by atoms with van der Waals surface area (Å²) in [6, 6.07) is 8.71. The van der Waals surface area contributed by atoms with Crippen molar-refractivity contribution in [2.45, 2.75) is 19.5 Å². The van der Waals surface area contributed by atoms with Gasteiger partial charge in [0.2, 0.25) is 5.91 Å². The Bertz CT molecular complexity index is 785. The largest absolute Gasteiger partial charge is 0.497 e. The zero-order valence-corrected chi connectivity index (χ0v) is 15.6. The number of aryl methyl sites for hydroxylation is 1. The molecule has 0 saturated carbocycles. The Morgan fingerprint density at radius 3 is 2.65 bits per heavy atom. The van der Waals surface area contributed by atoms with Gasteiger partial charge in [-0.2, -0.15) is 5.10 Å². The quantitative estimate of drug-likeness (QED) is 0.842. The molecule has 138 valence electrons. The number of aromatic nitrogens is 2. The number of ether oxygens (including phenoxy) is 1. The first-order valence-corrected chi connectivity index (χ1v) is 9.16. The minimum absolute atomic E-state index is 0.165. The fraction of sp³-hybridized carbons (Fsp3) is 0.500. The highest BCUT2D eigenvalue weighted by atomic mass is 16.5. The summed E-state index contributed by atoms with van der Waals surface area (Å²) in [6.07, 6.45) is 3.71. The lowest BCUT2D eigenvalue weighted by Crippen LogP contribution is -2.35. The lowest BCUT2D eigenvalue weighted by molar-refractivity contribution is -0.131. The van der Waals surface area contributed by atoms with Crippen molar-refractivity contribution < 1.29 is 9.53 Å². The molecule has 2 aliphatic rings. The summed E-state index contributed by atoms with van der Waals surface area (Å²) < 4.78 is 7.01. The minimum Gasteiger partial charge on any atom is -0.497 e. The van der Waals surface area contributed by atoms with Gasteiger partial charge in [0.1, 0.15) is 12.3 Å². The van der Waals surface area contributed by atoms with Crippen LogP contribution in [0, 0.1) is 18.8 Å². The van der Waals surface area contributed by atoms with Crippen LogP contribution in [0.15, 0.2) is 36.7 Å². The van der Waals surface area contributed by atoms with Gasteiger partial charge in [0.25, 0.3) is 0 Å². The van der Waals surface area contributed by atoms with Crippen molar-refractivity contribution in [1.29, 1.82) is 0 Å². The van der Waals surface area contributed by atoms with E-state index in [4.69, 9.17) is 4.74 Å². The van der Waals surface area contributed by atoms with Crippen molar-refractivity contribution in [3.8, 4) is 5.75 Å². The van der Waals surface area contributed by atoms with Crippen molar-refractivity contribution in [3.63, 3.8) is 0 Å². The fourth-order valence-corrected chi connectivity index (χ4v) is 4.56. The van der Waals surface area contributed by atoms with Gasteiger partial charge in [0, 0.05) is 37.8 Å². The highest BCUT2D eigenvalue weighted by Gasteiger charge is 2.47. The maximum atomic E-state index is 12.7. The molecule has 3 heterocycles. The zero-order chi connectivity index (χ0) is 18.3. The number of methoxy groups -OCH3 is 1. The van der Waals surface area contributed by atoms with E-state index < -0.39 is 0 Å². The highest BCUT2D eigenvalue weighted by Crippen LogP contribution is 2.44. The number of nitrogens with zero attached hydrogens (tertiary/aromatic N) is 4. The van der Waals surface area contributed by atoms with Crippen LogP contribution in [0.5, 0.6) is 5.75 Å². The molecule has 3 atom stereocenters. The molecule has 0 spiro atoms. The topological polar surface area (TPSA) is 50.6 Å². The van der Waals surface area contributed by atoms with Gasteiger partial charge < -0.3 is 9.64 Å². The van der Waals surface area contributed by atoms with E-state index in [1.165, 1.54) is 5.56 Å². The third-order valence-corrected chi connectivity index (χ3v) is 5.76. The predicted molar refractivity (Wildman–Crippen MR) is 98.9 cm³/mol. The summed E-state index contributed by atoms with van der Waals surface area (Å²) in [5.74, 6) is 2.06. The number of likely N-dealkylation sites (tertiary alicyclic amines) is 2. The Morgan fingerprint density at radius 2 is 2.00 bits per heavy atom. The molecule has 6 nitrogen and oxygen atoms in total. The first kappa shape index (κ1) is 17.1. The Morgan fingerprint density at radius 1 is 1.23 bits per heavy atom. The van der Waals surface area contributed by atoms with E-state index >= 15 is 0 Å². The Labute approximate surface area is 154 Å². The van der Waals surface area contributed by atoms with Crippen molar-refractivity contribution in [2.24, 2.45) is 11.8 Å². The maximum absolute atomic E-state index is 12.7. The zero-order valence-electron chi connectivity index (χ0n) is 15.6. The smallest absolute Gasteiger partial charge is 0.244 e. The van der Waals surface area contributed by atoms with Gasteiger partial charge in [-0.05, 0) is 43.1 Å². The van der Waals surface area contributed by atoms with Crippen LogP contribution < -0.4 is 4.74 Å². The Kier molecular flexibility index (Phi) is 4.44. The summed E-state index contributed by atoms with van der Waals surface area (Å²) in [5.41, 5.74) is 2.38. The molecule has 1 aromatic heterocycles. The number of amides is 1. The second kappa shape index (κ2) is 6.76. The molecular formula is C20H26N4O2. The molecule has 0 bridgehead atoms.